The fourth-order valence-corrected chi connectivity index (χ4v) is 3.92. The molecule has 3 rings (SSSR count). The maximum Gasteiger partial charge on any atom is 0.226 e. The summed E-state index contributed by atoms with van der Waals surface area (Å²) in [6, 6.07) is 0.330. The smallest absolute Gasteiger partial charge is 0.226 e. The van der Waals surface area contributed by atoms with Gasteiger partial charge in [-0.25, -0.2) is 0 Å². The summed E-state index contributed by atoms with van der Waals surface area (Å²) in [5.74, 6) is 1.42. The van der Waals surface area contributed by atoms with Crippen LogP contribution in [0.25, 0.3) is 0 Å². The van der Waals surface area contributed by atoms with Crippen molar-refractivity contribution >= 4 is 5.91 Å². The van der Waals surface area contributed by atoms with Gasteiger partial charge in [-0.1, -0.05) is 6.92 Å². The van der Waals surface area contributed by atoms with Crippen LogP contribution in [0.2, 0.25) is 0 Å². The molecule has 1 aliphatic carbocycles. The van der Waals surface area contributed by atoms with E-state index in [1.807, 2.05) is 0 Å². The topological polar surface area (TPSA) is 38.8 Å². The van der Waals surface area contributed by atoms with E-state index in [0.29, 0.717) is 24.5 Å². The molecule has 2 saturated heterocycles. The van der Waals surface area contributed by atoms with Crippen molar-refractivity contribution in [3.63, 3.8) is 0 Å². The molecule has 2 aliphatic heterocycles. The van der Waals surface area contributed by atoms with Crippen molar-refractivity contribution in [1.82, 2.24) is 4.90 Å². The van der Waals surface area contributed by atoms with Gasteiger partial charge < -0.3 is 14.4 Å². The third-order valence-electron chi connectivity index (χ3n) is 4.99. The highest BCUT2D eigenvalue weighted by Crippen LogP contribution is 2.38. The predicted molar refractivity (Wildman–Crippen MR) is 71.8 cm³/mol. The average Bonchev–Trinajstić information content (AvgIpc) is 2.78. The first-order chi connectivity index (χ1) is 9.19. The zero-order valence-electron chi connectivity index (χ0n) is 12.0. The largest absolute Gasteiger partial charge is 0.382 e. The summed E-state index contributed by atoms with van der Waals surface area (Å²) < 4.78 is 11.2. The van der Waals surface area contributed by atoms with Crippen LogP contribution in [-0.4, -0.2) is 49.3 Å². The summed E-state index contributed by atoms with van der Waals surface area (Å²) in [6.07, 6.45) is 5.73. The lowest BCUT2D eigenvalue weighted by molar-refractivity contribution is -0.146. The molecule has 108 valence electrons. The Morgan fingerprint density at radius 2 is 2.11 bits per heavy atom. The molecule has 2 heterocycles. The number of likely N-dealkylation sites (tertiary alicyclic amines) is 1. The predicted octanol–water partition coefficient (Wildman–Crippen LogP) is 1.83. The van der Waals surface area contributed by atoms with E-state index in [4.69, 9.17) is 9.47 Å². The first-order valence-electron chi connectivity index (χ1n) is 7.64. The van der Waals surface area contributed by atoms with Crippen LogP contribution in [0.15, 0.2) is 0 Å². The molecular weight excluding hydrogens is 242 g/mol. The molecule has 1 amide bonds. The van der Waals surface area contributed by atoms with Crippen LogP contribution < -0.4 is 0 Å². The SMILES string of the molecule is COC[C@H]1CC[C@@H]2[C@@H](CCN2C(=O)C2CC(C)C2)O1. The van der Waals surface area contributed by atoms with Crippen LogP contribution in [0.1, 0.15) is 39.0 Å². The fraction of sp³-hybridized carbons (Fsp3) is 0.933. The number of carbonyl (C=O) groups is 1. The minimum Gasteiger partial charge on any atom is -0.382 e. The van der Waals surface area contributed by atoms with Gasteiger partial charge in [-0.2, -0.15) is 0 Å². The minimum absolute atomic E-state index is 0.227. The number of nitrogens with zero attached hydrogens (tertiary/aromatic N) is 1. The number of hydrogen-bond acceptors (Lipinski definition) is 3. The number of rotatable bonds is 3. The van der Waals surface area contributed by atoms with E-state index in [-0.39, 0.29) is 12.2 Å². The zero-order valence-corrected chi connectivity index (χ0v) is 12.0. The molecule has 0 N–H and O–H groups in total. The molecule has 0 bridgehead atoms. The minimum atomic E-state index is 0.227. The molecule has 3 aliphatic rings. The highest BCUT2D eigenvalue weighted by molar-refractivity contribution is 5.80. The molecule has 0 unspecified atom stereocenters. The van der Waals surface area contributed by atoms with Crippen molar-refractivity contribution in [1.29, 1.82) is 0 Å². The van der Waals surface area contributed by atoms with Gasteiger partial charge in [0.15, 0.2) is 0 Å². The van der Waals surface area contributed by atoms with Gasteiger partial charge in [0.05, 0.1) is 24.9 Å². The number of carbonyl (C=O) groups excluding carboxylic acids is 1. The van der Waals surface area contributed by atoms with E-state index in [1.54, 1.807) is 7.11 Å². The summed E-state index contributed by atoms with van der Waals surface area (Å²) in [5, 5.41) is 0. The quantitative estimate of drug-likeness (QED) is 0.783. The van der Waals surface area contributed by atoms with Crippen LogP contribution in [-0.2, 0) is 14.3 Å². The van der Waals surface area contributed by atoms with E-state index in [2.05, 4.69) is 11.8 Å². The average molecular weight is 267 g/mol. The number of ether oxygens (including phenoxy) is 2. The van der Waals surface area contributed by atoms with Gasteiger partial charge in [-0.15, -0.1) is 0 Å². The maximum atomic E-state index is 12.5. The first-order valence-corrected chi connectivity index (χ1v) is 7.64. The maximum absolute atomic E-state index is 12.5. The normalized spacial score (nSPS) is 41.8. The summed E-state index contributed by atoms with van der Waals surface area (Å²) in [5.41, 5.74) is 0. The lowest BCUT2D eigenvalue weighted by atomic mass is 9.75. The van der Waals surface area contributed by atoms with E-state index in [0.717, 1.165) is 44.6 Å². The van der Waals surface area contributed by atoms with Crippen molar-refractivity contribution in [3.05, 3.63) is 0 Å². The summed E-state index contributed by atoms with van der Waals surface area (Å²) in [4.78, 5) is 14.6. The number of amides is 1. The Morgan fingerprint density at radius 3 is 2.79 bits per heavy atom. The van der Waals surface area contributed by atoms with Gasteiger partial charge >= 0.3 is 0 Å². The van der Waals surface area contributed by atoms with Gasteiger partial charge in [0.25, 0.3) is 0 Å². The molecule has 4 heteroatoms. The third kappa shape index (κ3) is 2.52. The second-order valence-electron chi connectivity index (χ2n) is 6.49. The molecule has 0 aromatic rings. The van der Waals surface area contributed by atoms with Crippen LogP contribution in [0.5, 0.6) is 0 Å². The molecule has 3 fully saturated rings. The molecule has 0 aromatic heterocycles. The van der Waals surface area contributed by atoms with Crippen molar-refractivity contribution in [3.8, 4) is 0 Å². The summed E-state index contributed by atoms with van der Waals surface area (Å²) in [6.45, 7) is 3.80. The molecule has 0 aromatic carbocycles. The monoisotopic (exact) mass is 267 g/mol. The van der Waals surface area contributed by atoms with Gasteiger partial charge in [0.1, 0.15) is 0 Å². The van der Waals surface area contributed by atoms with E-state index < -0.39 is 0 Å². The number of methoxy groups -OCH3 is 1. The highest BCUT2D eigenvalue weighted by atomic mass is 16.5. The van der Waals surface area contributed by atoms with Gasteiger partial charge in [0.2, 0.25) is 5.91 Å². The molecule has 4 nitrogen and oxygen atoms in total. The highest BCUT2D eigenvalue weighted by Gasteiger charge is 2.45. The number of hydrogen-bond donors (Lipinski definition) is 0. The molecule has 19 heavy (non-hydrogen) atoms. The van der Waals surface area contributed by atoms with Crippen LogP contribution in [0.4, 0.5) is 0 Å². The van der Waals surface area contributed by atoms with Crippen molar-refractivity contribution in [2.75, 3.05) is 20.3 Å². The second kappa shape index (κ2) is 5.41. The fourth-order valence-electron chi connectivity index (χ4n) is 3.92. The van der Waals surface area contributed by atoms with Crippen molar-refractivity contribution in [2.45, 2.75) is 57.3 Å². The van der Waals surface area contributed by atoms with E-state index >= 15 is 0 Å². The molecule has 0 spiro atoms. The Bertz CT molecular complexity index is 340. The van der Waals surface area contributed by atoms with Gasteiger partial charge in [0, 0.05) is 19.6 Å². The number of fused-ring (bicyclic) bond motifs is 1. The van der Waals surface area contributed by atoms with Crippen LogP contribution in [0.3, 0.4) is 0 Å². The lowest BCUT2D eigenvalue weighted by Crippen LogP contribution is -2.49. The second-order valence-corrected chi connectivity index (χ2v) is 6.49. The molecule has 1 saturated carbocycles. The van der Waals surface area contributed by atoms with Gasteiger partial charge in [-0.3, -0.25) is 4.79 Å². The Morgan fingerprint density at radius 1 is 1.32 bits per heavy atom. The summed E-state index contributed by atoms with van der Waals surface area (Å²) in [7, 11) is 1.72. The Labute approximate surface area is 115 Å². The molecular formula is C15H25NO3. The summed E-state index contributed by atoms with van der Waals surface area (Å²) >= 11 is 0. The first kappa shape index (κ1) is 13.4. The van der Waals surface area contributed by atoms with E-state index in [1.165, 1.54) is 0 Å². The third-order valence-corrected chi connectivity index (χ3v) is 4.99. The molecule has 3 atom stereocenters. The van der Waals surface area contributed by atoms with Crippen LogP contribution >= 0.6 is 0 Å². The van der Waals surface area contributed by atoms with Gasteiger partial charge in [-0.05, 0) is 38.0 Å². The Hall–Kier alpha value is -0.610. The standard InChI is InChI=1S/C15H25NO3/c1-10-7-11(8-10)15(17)16-6-5-14-13(16)4-3-12(19-14)9-18-2/h10-14H,3-9H2,1-2H3/t10?,11?,12-,13-,14-/m1/s1. The van der Waals surface area contributed by atoms with E-state index in [9.17, 15) is 4.79 Å². The van der Waals surface area contributed by atoms with Crippen molar-refractivity contribution < 1.29 is 14.3 Å². The Kier molecular flexibility index (Phi) is 3.81. The zero-order chi connectivity index (χ0) is 13.4. The molecule has 0 radical (unpaired) electrons. The lowest BCUT2D eigenvalue weighted by Gasteiger charge is -2.39. The van der Waals surface area contributed by atoms with Crippen LogP contribution in [0, 0.1) is 11.8 Å². The Balaban J connectivity index is 1.57. The van der Waals surface area contributed by atoms with Crippen molar-refractivity contribution in [2.24, 2.45) is 11.8 Å².